The van der Waals surface area contributed by atoms with Crippen LogP contribution in [-0.4, -0.2) is 40.2 Å². The second kappa shape index (κ2) is 9.73. The van der Waals surface area contributed by atoms with E-state index in [4.69, 9.17) is 4.74 Å². The zero-order valence-electron chi connectivity index (χ0n) is 17.4. The lowest BCUT2D eigenvalue weighted by molar-refractivity contribution is 0.102. The molecule has 1 fully saturated rings. The zero-order chi connectivity index (χ0) is 22.5. The molecule has 8 nitrogen and oxygen atoms in total. The number of aromatic nitrogens is 2. The van der Waals surface area contributed by atoms with E-state index in [0.29, 0.717) is 29.5 Å². The van der Waals surface area contributed by atoms with Crippen LogP contribution in [0.5, 0.6) is 5.75 Å². The van der Waals surface area contributed by atoms with E-state index >= 15 is 0 Å². The normalized spacial score (nSPS) is 15.4. The molecule has 2 N–H and O–H groups in total. The van der Waals surface area contributed by atoms with Gasteiger partial charge in [-0.25, -0.2) is 9.18 Å². The highest BCUT2D eigenvalue weighted by Gasteiger charge is 2.33. The lowest BCUT2D eigenvalue weighted by atomic mass is 10.2. The Morgan fingerprint density at radius 1 is 1.09 bits per heavy atom. The predicted molar refractivity (Wildman–Crippen MR) is 120 cm³/mol. The molecule has 0 saturated carbocycles. The average Bonchev–Trinajstić information content (AvgIpc) is 3.46. The minimum Gasteiger partial charge on any atom is -0.494 e. The molecule has 0 spiro atoms. The molecule has 32 heavy (non-hydrogen) atoms. The van der Waals surface area contributed by atoms with Crippen LogP contribution in [0, 0.1) is 5.82 Å². The Morgan fingerprint density at radius 3 is 2.50 bits per heavy atom. The number of nitrogens with zero attached hydrogens (tertiary/aromatic N) is 3. The van der Waals surface area contributed by atoms with E-state index in [2.05, 4.69) is 20.8 Å². The van der Waals surface area contributed by atoms with Gasteiger partial charge in [-0.1, -0.05) is 11.3 Å². The van der Waals surface area contributed by atoms with E-state index in [1.54, 1.807) is 29.2 Å². The number of hydrogen-bond donors (Lipinski definition) is 2. The van der Waals surface area contributed by atoms with Crippen molar-refractivity contribution in [3.63, 3.8) is 0 Å². The molecule has 3 aromatic rings. The highest BCUT2D eigenvalue weighted by molar-refractivity contribution is 7.13. The Kier molecular flexibility index (Phi) is 6.60. The fourth-order valence-corrected chi connectivity index (χ4v) is 4.33. The van der Waals surface area contributed by atoms with Gasteiger partial charge < -0.3 is 20.3 Å². The van der Waals surface area contributed by atoms with Crippen molar-refractivity contribution < 1.29 is 18.7 Å². The molecule has 166 valence electrons. The highest BCUT2D eigenvalue weighted by atomic mass is 32.1. The van der Waals surface area contributed by atoms with Gasteiger partial charge in [-0.05, 0) is 68.3 Å². The molecule has 0 bridgehead atoms. The molecule has 1 aliphatic heterocycles. The first-order chi connectivity index (χ1) is 15.5. The summed E-state index contributed by atoms with van der Waals surface area (Å²) < 4.78 is 18.5. The molecule has 2 aromatic carbocycles. The van der Waals surface area contributed by atoms with Crippen molar-refractivity contribution in [3.8, 4) is 5.75 Å². The first-order valence-electron chi connectivity index (χ1n) is 10.2. The number of carbonyl (C=O) groups is 2. The van der Waals surface area contributed by atoms with Crippen LogP contribution >= 0.6 is 11.3 Å². The molecule has 1 atom stereocenters. The Bertz CT molecular complexity index is 1090. The summed E-state index contributed by atoms with van der Waals surface area (Å²) >= 11 is 1.15. The summed E-state index contributed by atoms with van der Waals surface area (Å²) in [7, 11) is 0. The SMILES string of the molecule is CCOc1ccc(NC(=O)N2CCC[C@@H]2c2nnc(C(=O)Nc3ccc(F)cc3)s2)cc1. The Labute approximate surface area is 188 Å². The van der Waals surface area contributed by atoms with Crippen LogP contribution in [0.3, 0.4) is 0 Å². The molecule has 0 aliphatic carbocycles. The number of rotatable bonds is 6. The largest absolute Gasteiger partial charge is 0.494 e. The molecule has 0 radical (unpaired) electrons. The summed E-state index contributed by atoms with van der Waals surface area (Å²) in [5, 5.41) is 14.5. The number of ether oxygens (including phenoxy) is 1. The molecule has 10 heteroatoms. The maximum absolute atomic E-state index is 13.0. The van der Waals surface area contributed by atoms with E-state index in [-0.39, 0.29) is 22.9 Å². The first kappa shape index (κ1) is 21.7. The standard InChI is InChI=1S/C22H22FN5O3S/c1-2-31-17-11-9-16(10-12-17)25-22(30)28-13-3-4-18(28)20-26-27-21(32-20)19(29)24-15-7-5-14(23)6-8-15/h5-12,18H,2-4,13H2,1H3,(H,24,29)(H,25,30)/t18-/m1/s1. The van der Waals surface area contributed by atoms with E-state index in [1.165, 1.54) is 24.3 Å². The topological polar surface area (TPSA) is 96.4 Å². The van der Waals surface area contributed by atoms with Crippen LogP contribution in [0.25, 0.3) is 0 Å². The highest BCUT2D eigenvalue weighted by Crippen LogP contribution is 2.34. The summed E-state index contributed by atoms with van der Waals surface area (Å²) in [5.41, 5.74) is 1.13. The maximum atomic E-state index is 13.0. The molecule has 0 unspecified atom stereocenters. The molecule has 1 saturated heterocycles. The number of anilines is 2. The monoisotopic (exact) mass is 455 g/mol. The summed E-state index contributed by atoms with van der Waals surface area (Å²) in [6.07, 6.45) is 1.57. The van der Waals surface area contributed by atoms with Crippen molar-refractivity contribution in [2.24, 2.45) is 0 Å². The second-order valence-corrected chi connectivity index (χ2v) is 8.15. The first-order valence-corrected chi connectivity index (χ1v) is 11.1. The molecule has 1 aliphatic rings. The van der Waals surface area contributed by atoms with Crippen molar-refractivity contribution in [1.82, 2.24) is 15.1 Å². The minimum atomic E-state index is -0.427. The molecular weight excluding hydrogens is 433 g/mol. The van der Waals surface area contributed by atoms with Crippen LogP contribution in [0.1, 0.15) is 40.6 Å². The molecule has 4 rings (SSSR count). The van der Waals surface area contributed by atoms with Gasteiger partial charge in [0.15, 0.2) is 0 Å². The number of hydrogen-bond acceptors (Lipinski definition) is 6. The van der Waals surface area contributed by atoms with Gasteiger partial charge in [-0.2, -0.15) is 0 Å². The summed E-state index contributed by atoms with van der Waals surface area (Å²) in [6.45, 7) is 3.08. The van der Waals surface area contributed by atoms with Gasteiger partial charge in [-0.15, -0.1) is 10.2 Å². The number of amides is 3. The van der Waals surface area contributed by atoms with Gasteiger partial charge >= 0.3 is 6.03 Å². The number of halogens is 1. The number of benzene rings is 2. The quantitative estimate of drug-likeness (QED) is 0.562. The van der Waals surface area contributed by atoms with Crippen LogP contribution in [-0.2, 0) is 0 Å². The predicted octanol–water partition coefficient (Wildman–Crippen LogP) is 4.70. The van der Waals surface area contributed by atoms with Gasteiger partial charge in [0.25, 0.3) is 5.91 Å². The Balaban J connectivity index is 1.40. The number of urea groups is 1. The maximum Gasteiger partial charge on any atom is 0.322 e. The van der Waals surface area contributed by atoms with E-state index < -0.39 is 5.91 Å². The van der Waals surface area contributed by atoms with Crippen LogP contribution < -0.4 is 15.4 Å². The van der Waals surface area contributed by atoms with Crippen molar-refractivity contribution in [1.29, 1.82) is 0 Å². The Hall–Kier alpha value is -3.53. The van der Waals surface area contributed by atoms with Crippen molar-refractivity contribution >= 4 is 34.6 Å². The smallest absolute Gasteiger partial charge is 0.322 e. The third-order valence-electron chi connectivity index (χ3n) is 4.95. The van der Waals surface area contributed by atoms with Gasteiger partial charge in [0.2, 0.25) is 5.01 Å². The van der Waals surface area contributed by atoms with Gasteiger partial charge in [0, 0.05) is 17.9 Å². The third-order valence-corrected chi connectivity index (χ3v) is 5.98. The van der Waals surface area contributed by atoms with Crippen molar-refractivity contribution in [3.05, 3.63) is 64.4 Å². The van der Waals surface area contributed by atoms with Gasteiger partial charge in [0.1, 0.15) is 16.6 Å². The summed E-state index contributed by atoms with van der Waals surface area (Å²) in [4.78, 5) is 27.0. The molecule has 2 heterocycles. The Morgan fingerprint density at radius 2 is 1.78 bits per heavy atom. The van der Waals surface area contributed by atoms with E-state index in [0.717, 1.165) is 29.9 Å². The average molecular weight is 456 g/mol. The van der Waals surface area contributed by atoms with Gasteiger partial charge in [0.05, 0.1) is 12.6 Å². The number of likely N-dealkylation sites (tertiary alicyclic amines) is 1. The third kappa shape index (κ3) is 5.02. The fraction of sp³-hybridized carbons (Fsp3) is 0.273. The minimum absolute atomic E-state index is 0.183. The van der Waals surface area contributed by atoms with Crippen LogP contribution in [0.2, 0.25) is 0 Å². The molecule has 3 amide bonds. The second-order valence-electron chi connectivity index (χ2n) is 7.15. The van der Waals surface area contributed by atoms with Crippen molar-refractivity contribution in [2.75, 3.05) is 23.8 Å². The van der Waals surface area contributed by atoms with Crippen LogP contribution in [0.4, 0.5) is 20.6 Å². The van der Waals surface area contributed by atoms with E-state index in [9.17, 15) is 14.0 Å². The number of carbonyl (C=O) groups excluding carboxylic acids is 2. The van der Waals surface area contributed by atoms with E-state index in [1.807, 2.05) is 6.92 Å². The summed E-state index contributed by atoms with van der Waals surface area (Å²) in [6, 6.07) is 12.2. The number of nitrogens with one attached hydrogen (secondary N) is 2. The zero-order valence-corrected chi connectivity index (χ0v) is 18.2. The fourth-order valence-electron chi connectivity index (χ4n) is 3.44. The summed E-state index contributed by atoms with van der Waals surface area (Å²) in [5.74, 6) is -0.0698. The lowest BCUT2D eigenvalue weighted by Gasteiger charge is -2.23. The van der Waals surface area contributed by atoms with Gasteiger partial charge in [-0.3, -0.25) is 4.79 Å². The van der Waals surface area contributed by atoms with Crippen molar-refractivity contribution in [2.45, 2.75) is 25.8 Å². The molecular formula is C22H22FN5O3S. The van der Waals surface area contributed by atoms with Crippen LogP contribution in [0.15, 0.2) is 48.5 Å². The molecule has 1 aromatic heterocycles. The lowest BCUT2D eigenvalue weighted by Crippen LogP contribution is -2.34.